The van der Waals surface area contributed by atoms with Gasteiger partial charge in [-0.3, -0.25) is 24.1 Å². The predicted octanol–water partition coefficient (Wildman–Crippen LogP) is -0.504. The third kappa shape index (κ3) is 5.14. The molecule has 0 saturated carbocycles. The van der Waals surface area contributed by atoms with Crippen molar-refractivity contribution in [2.75, 3.05) is 23.3 Å². The molecule has 2 aromatic carbocycles. The van der Waals surface area contributed by atoms with E-state index in [9.17, 15) is 29.4 Å². The molecule has 4 heterocycles. The second-order valence-corrected chi connectivity index (χ2v) is 13.0. The molecule has 0 aromatic heterocycles. The summed E-state index contributed by atoms with van der Waals surface area (Å²) in [6.07, 6.45) is 0.399. The Morgan fingerprint density at radius 3 is 2.58 bits per heavy atom. The van der Waals surface area contributed by atoms with Crippen LogP contribution in [0.5, 0.6) is 0 Å². The molecule has 2 aromatic rings. The number of Topliss-reactive ketones (excluding diaryl/α,β-unsaturated/α-hetero) is 2. The molecule has 0 spiro atoms. The first kappa shape index (κ1) is 31.9. The minimum Gasteiger partial charge on any atom is -1.00 e. The van der Waals surface area contributed by atoms with Gasteiger partial charge >= 0.3 is 35.5 Å². The van der Waals surface area contributed by atoms with Crippen molar-refractivity contribution in [3.8, 4) is 0 Å². The standard InChI is InChI=1S/C33H37N5O6.Na.H/c1-18(2)11-27-32(43)38-26-10-6-4-8-22(26)23(33(38,44)37(27)17-29(41)42)14-25-31-35-24-9-5-3-7-19(24)16-36(31)30-20(15-34-25)12-21(39)13-28(30)40;;/h3-10,18,23,25,27,31,34-35,44H,11-17H2,1-2H3,(H,41,42);;/q;+1;-1/t23?,25-,27?,31?,33?;;/m0../s1. The number of aliphatic hydroxyl groups is 1. The van der Waals surface area contributed by atoms with E-state index in [-0.39, 0.29) is 73.3 Å². The van der Waals surface area contributed by atoms with E-state index in [2.05, 4.69) is 15.5 Å². The summed E-state index contributed by atoms with van der Waals surface area (Å²) < 4.78 is 0. The number of fused-ring (bicyclic) bond motifs is 6. The molecule has 5 atom stereocenters. The van der Waals surface area contributed by atoms with E-state index in [1.165, 1.54) is 9.80 Å². The SMILES string of the molecule is CC(C)CC1C(=O)N2c3ccccc3C(C[C@@H]3NCC4=C(C(=O)CC(=O)C4)N4Cc5ccccc5NC34)C2(O)N1CC(=O)O.[H-].[Na+]. The van der Waals surface area contributed by atoms with Crippen LogP contribution in [-0.4, -0.2) is 80.6 Å². The van der Waals surface area contributed by atoms with Crippen LogP contribution in [0.4, 0.5) is 11.4 Å². The molecule has 5 aliphatic rings. The number of amides is 1. The number of carboxylic acid groups (broad SMARTS) is 1. The fourth-order valence-corrected chi connectivity index (χ4v) is 8.02. The van der Waals surface area contributed by atoms with E-state index in [0.29, 0.717) is 37.3 Å². The van der Waals surface area contributed by atoms with Crippen molar-refractivity contribution in [3.05, 3.63) is 70.9 Å². The van der Waals surface area contributed by atoms with Gasteiger partial charge in [-0.1, -0.05) is 50.2 Å². The van der Waals surface area contributed by atoms with E-state index in [4.69, 9.17) is 0 Å². The second-order valence-electron chi connectivity index (χ2n) is 13.0. The van der Waals surface area contributed by atoms with Crippen LogP contribution in [0.2, 0.25) is 0 Å². The molecule has 45 heavy (non-hydrogen) atoms. The second kappa shape index (κ2) is 11.9. The van der Waals surface area contributed by atoms with Crippen molar-refractivity contribution < 1.29 is 60.4 Å². The quantitative estimate of drug-likeness (QED) is 0.246. The number of nitrogens with one attached hydrogen (secondary N) is 2. The molecule has 0 bridgehead atoms. The van der Waals surface area contributed by atoms with E-state index in [0.717, 1.165) is 22.4 Å². The number of anilines is 2. The Balaban J connectivity index is 0.00000208. The average molecular weight is 624 g/mol. The van der Waals surface area contributed by atoms with Gasteiger partial charge in [-0.25, -0.2) is 4.90 Å². The number of carboxylic acids is 1. The van der Waals surface area contributed by atoms with Crippen molar-refractivity contribution in [1.29, 1.82) is 0 Å². The molecule has 7 rings (SSSR count). The molecule has 1 saturated heterocycles. The number of benzene rings is 2. The van der Waals surface area contributed by atoms with Crippen molar-refractivity contribution in [2.24, 2.45) is 5.92 Å². The molecular formula is C33H38N5NaO6. The number of carbonyl (C=O) groups excluding carboxylic acids is 3. The Labute approximate surface area is 285 Å². The maximum absolute atomic E-state index is 14.0. The Bertz CT molecular complexity index is 1620. The first-order chi connectivity index (χ1) is 21.1. The Kier molecular flexibility index (Phi) is 8.47. The molecule has 0 radical (unpaired) electrons. The minimum absolute atomic E-state index is 0. The molecule has 11 nitrogen and oxygen atoms in total. The van der Waals surface area contributed by atoms with Crippen LogP contribution in [0.15, 0.2) is 59.8 Å². The van der Waals surface area contributed by atoms with Gasteiger partial charge in [0.25, 0.3) is 0 Å². The van der Waals surface area contributed by atoms with E-state index in [1.54, 1.807) is 6.07 Å². The molecule has 4 N–H and O–H groups in total. The number of hydrogen-bond acceptors (Lipinski definition) is 9. The zero-order chi connectivity index (χ0) is 30.9. The minimum atomic E-state index is -1.90. The normalized spacial score (nSPS) is 28.9. The Morgan fingerprint density at radius 2 is 1.82 bits per heavy atom. The molecule has 1 aliphatic carbocycles. The fourth-order valence-electron chi connectivity index (χ4n) is 8.02. The number of allylic oxidation sites excluding steroid dienone is 1. The Hall–Kier alpha value is -3.06. The number of aliphatic carboxylic acids is 1. The smallest absolute Gasteiger partial charge is 1.00 e. The third-order valence-corrected chi connectivity index (χ3v) is 9.75. The predicted molar refractivity (Wildman–Crippen MR) is 162 cm³/mol. The zero-order valence-electron chi connectivity index (χ0n) is 26.8. The summed E-state index contributed by atoms with van der Waals surface area (Å²) in [5.74, 6) is -4.19. The van der Waals surface area contributed by atoms with Gasteiger partial charge in [0.2, 0.25) is 11.8 Å². The van der Waals surface area contributed by atoms with Crippen molar-refractivity contribution >= 4 is 34.8 Å². The summed E-state index contributed by atoms with van der Waals surface area (Å²) in [6, 6.07) is 14.2. The number of ketones is 2. The first-order valence-corrected chi connectivity index (χ1v) is 15.3. The van der Waals surface area contributed by atoms with Crippen LogP contribution in [0.25, 0.3) is 0 Å². The van der Waals surface area contributed by atoms with Gasteiger partial charge < -0.3 is 27.2 Å². The molecular weight excluding hydrogens is 585 g/mol. The molecule has 1 amide bonds. The van der Waals surface area contributed by atoms with Crippen molar-refractivity contribution in [1.82, 2.24) is 15.1 Å². The summed E-state index contributed by atoms with van der Waals surface area (Å²) in [5.41, 5.74) is 4.64. The monoisotopic (exact) mass is 623 g/mol. The molecule has 12 heteroatoms. The number of para-hydroxylation sites is 2. The van der Waals surface area contributed by atoms with Crippen LogP contribution in [0.3, 0.4) is 0 Å². The number of rotatable bonds is 6. The summed E-state index contributed by atoms with van der Waals surface area (Å²) in [4.78, 5) is 56.9. The van der Waals surface area contributed by atoms with Crippen LogP contribution >= 0.6 is 0 Å². The molecule has 232 valence electrons. The van der Waals surface area contributed by atoms with Crippen LogP contribution in [0, 0.1) is 5.92 Å². The van der Waals surface area contributed by atoms with Crippen molar-refractivity contribution in [3.63, 3.8) is 0 Å². The van der Waals surface area contributed by atoms with E-state index < -0.39 is 36.5 Å². The molecule has 4 aliphatic heterocycles. The van der Waals surface area contributed by atoms with Gasteiger partial charge in [-0.2, -0.15) is 0 Å². The number of nitrogens with zero attached hydrogens (tertiary/aromatic N) is 3. The average Bonchev–Trinajstić information content (AvgIpc) is 3.26. The topological polar surface area (TPSA) is 143 Å². The number of hydrogen-bond donors (Lipinski definition) is 4. The third-order valence-electron chi connectivity index (χ3n) is 9.75. The van der Waals surface area contributed by atoms with Gasteiger partial charge in [-0.15, -0.1) is 0 Å². The largest absolute Gasteiger partial charge is 1.00 e. The fraction of sp³-hybridized carbons (Fsp3) is 0.455. The van der Waals surface area contributed by atoms with Gasteiger partial charge in [0.05, 0.1) is 29.8 Å². The zero-order valence-corrected chi connectivity index (χ0v) is 27.8. The van der Waals surface area contributed by atoms with E-state index in [1.807, 2.05) is 56.3 Å². The maximum Gasteiger partial charge on any atom is 1.00 e. The molecule has 4 unspecified atom stereocenters. The summed E-state index contributed by atoms with van der Waals surface area (Å²) in [7, 11) is 0. The number of carbonyl (C=O) groups is 4. The van der Waals surface area contributed by atoms with Gasteiger partial charge in [-0.05, 0) is 47.6 Å². The summed E-state index contributed by atoms with van der Waals surface area (Å²) >= 11 is 0. The van der Waals surface area contributed by atoms with Gasteiger partial charge in [0.15, 0.2) is 5.78 Å². The Morgan fingerprint density at radius 1 is 1.09 bits per heavy atom. The summed E-state index contributed by atoms with van der Waals surface area (Å²) in [5, 5.41) is 29.9. The van der Waals surface area contributed by atoms with Gasteiger partial charge in [0, 0.05) is 31.2 Å². The molecule has 1 fully saturated rings. The van der Waals surface area contributed by atoms with Crippen LogP contribution < -0.4 is 45.1 Å². The maximum atomic E-state index is 14.0. The first-order valence-electron chi connectivity index (χ1n) is 15.3. The van der Waals surface area contributed by atoms with Crippen LogP contribution in [0.1, 0.15) is 58.0 Å². The van der Waals surface area contributed by atoms with Crippen molar-refractivity contribution in [2.45, 2.75) is 76.1 Å². The summed E-state index contributed by atoms with van der Waals surface area (Å²) in [6.45, 7) is 4.26. The van der Waals surface area contributed by atoms with E-state index >= 15 is 0 Å². The van der Waals surface area contributed by atoms with Crippen LogP contribution in [-0.2, 0) is 25.7 Å². The van der Waals surface area contributed by atoms with Gasteiger partial charge in [0.1, 0.15) is 18.5 Å².